The summed E-state index contributed by atoms with van der Waals surface area (Å²) in [5, 5.41) is 1.34. The fourth-order valence-electron chi connectivity index (χ4n) is 3.93. The van der Waals surface area contributed by atoms with E-state index in [1.54, 1.807) is 0 Å². The van der Waals surface area contributed by atoms with E-state index in [1.807, 2.05) is 23.1 Å². The van der Waals surface area contributed by atoms with Crippen molar-refractivity contribution in [1.82, 2.24) is 9.88 Å². The molecule has 7 heteroatoms. The fourth-order valence-corrected chi connectivity index (χ4v) is 5.23. The first-order chi connectivity index (χ1) is 15.0. The highest BCUT2D eigenvalue weighted by Gasteiger charge is 2.22. The summed E-state index contributed by atoms with van der Waals surface area (Å²) in [6, 6.07) is 12.0. The number of carbonyl (C=O) groups excluding carboxylic acids is 1. The highest BCUT2D eigenvalue weighted by Crippen LogP contribution is 2.33. The molecule has 0 bridgehead atoms. The number of hydrogen-bond acceptors (Lipinski definition) is 5. The average molecular weight is 458 g/mol. The third-order valence-electron chi connectivity index (χ3n) is 5.69. The first-order valence-corrected chi connectivity index (χ1v) is 11.9. The smallest absolute Gasteiger partial charge is 0.233 e. The highest BCUT2D eigenvalue weighted by atomic mass is 35.5. The number of para-hydroxylation sites is 1. The average Bonchev–Trinajstić information content (AvgIpc) is 3.19. The predicted octanol–water partition coefficient (Wildman–Crippen LogP) is 4.86. The number of amides is 1. The maximum Gasteiger partial charge on any atom is 0.233 e. The number of anilines is 1. The number of morpholine rings is 1. The van der Waals surface area contributed by atoms with Crippen LogP contribution in [0.25, 0.3) is 10.2 Å². The maximum atomic E-state index is 13.4. The molecule has 1 aromatic heterocycles. The largest absolute Gasteiger partial charge is 0.379 e. The van der Waals surface area contributed by atoms with Gasteiger partial charge in [0.15, 0.2) is 5.13 Å². The summed E-state index contributed by atoms with van der Waals surface area (Å²) in [6.45, 7) is 9.19. The zero-order valence-corrected chi connectivity index (χ0v) is 19.6. The van der Waals surface area contributed by atoms with Crippen LogP contribution in [0.2, 0.25) is 5.02 Å². The van der Waals surface area contributed by atoms with E-state index < -0.39 is 0 Å². The van der Waals surface area contributed by atoms with Crippen molar-refractivity contribution in [2.75, 3.05) is 44.3 Å². The van der Waals surface area contributed by atoms with Crippen molar-refractivity contribution >= 4 is 44.2 Å². The number of ether oxygens (including phenoxy) is 1. The van der Waals surface area contributed by atoms with Crippen molar-refractivity contribution in [2.24, 2.45) is 0 Å². The maximum absolute atomic E-state index is 13.4. The Hall–Kier alpha value is -1.99. The van der Waals surface area contributed by atoms with Gasteiger partial charge in [-0.05, 0) is 43.5 Å². The van der Waals surface area contributed by atoms with Crippen molar-refractivity contribution < 1.29 is 9.53 Å². The number of rotatable bonds is 7. The Bertz CT molecular complexity index is 1060. The standard InChI is InChI=1S/C24H28ClN3O2S/c1-17-7-8-19(18(2)15-17)16-22(29)28(10-4-9-27-11-13-30-14-12-27)24-26-23-20(25)5-3-6-21(23)31-24/h3,5-8,15H,4,9-14,16H2,1-2H3. The zero-order valence-electron chi connectivity index (χ0n) is 18.1. The molecule has 1 fully saturated rings. The summed E-state index contributed by atoms with van der Waals surface area (Å²) in [5.74, 6) is 0.0732. The molecule has 1 aliphatic rings. The Morgan fingerprint density at radius 2 is 2.03 bits per heavy atom. The van der Waals surface area contributed by atoms with Gasteiger partial charge in [-0.1, -0.05) is 52.8 Å². The Morgan fingerprint density at radius 3 is 2.77 bits per heavy atom. The molecule has 0 spiro atoms. The summed E-state index contributed by atoms with van der Waals surface area (Å²) in [5.41, 5.74) is 4.18. The second-order valence-corrected chi connectivity index (χ2v) is 9.46. The van der Waals surface area contributed by atoms with Crippen LogP contribution >= 0.6 is 22.9 Å². The lowest BCUT2D eigenvalue weighted by molar-refractivity contribution is -0.118. The Labute approximate surface area is 192 Å². The lowest BCUT2D eigenvalue weighted by Crippen LogP contribution is -2.39. The lowest BCUT2D eigenvalue weighted by atomic mass is 10.0. The van der Waals surface area contributed by atoms with Crippen molar-refractivity contribution in [3.8, 4) is 0 Å². The minimum atomic E-state index is 0.0732. The summed E-state index contributed by atoms with van der Waals surface area (Å²) in [7, 11) is 0. The monoisotopic (exact) mass is 457 g/mol. The van der Waals surface area contributed by atoms with Crippen molar-refractivity contribution in [3.63, 3.8) is 0 Å². The molecule has 0 N–H and O–H groups in total. The van der Waals surface area contributed by atoms with Gasteiger partial charge in [-0.15, -0.1) is 0 Å². The molecule has 0 atom stereocenters. The van der Waals surface area contributed by atoms with E-state index in [9.17, 15) is 4.79 Å². The summed E-state index contributed by atoms with van der Waals surface area (Å²) in [6.07, 6.45) is 1.26. The van der Waals surface area contributed by atoms with Crippen molar-refractivity contribution in [1.29, 1.82) is 0 Å². The topological polar surface area (TPSA) is 45.7 Å². The molecule has 2 heterocycles. The molecule has 0 radical (unpaired) electrons. The number of nitrogens with zero attached hydrogens (tertiary/aromatic N) is 3. The van der Waals surface area contributed by atoms with E-state index in [4.69, 9.17) is 21.3 Å². The zero-order chi connectivity index (χ0) is 21.8. The molecular weight excluding hydrogens is 430 g/mol. The number of hydrogen-bond donors (Lipinski definition) is 0. The normalized spacial score (nSPS) is 14.8. The first kappa shape index (κ1) is 22.2. The first-order valence-electron chi connectivity index (χ1n) is 10.7. The Kier molecular flexibility index (Phi) is 7.23. The summed E-state index contributed by atoms with van der Waals surface area (Å²) < 4.78 is 6.44. The quantitative estimate of drug-likeness (QED) is 0.508. The number of carbonyl (C=O) groups is 1. The molecule has 164 valence electrons. The molecule has 5 nitrogen and oxygen atoms in total. The molecule has 1 saturated heterocycles. The van der Waals surface area contributed by atoms with Gasteiger partial charge in [-0.2, -0.15) is 0 Å². The minimum Gasteiger partial charge on any atom is -0.379 e. The van der Waals surface area contributed by atoms with Crippen LogP contribution in [-0.4, -0.2) is 55.2 Å². The van der Waals surface area contributed by atoms with E-state index in [1.165, 1.54) is 16.9 Å². The van der Waals surface area contributed by atoms with Gasteiger partial charge in [-0.25, -0.2) is 4.98 Å². The van der Waals surface area contributed by atoms with E-state index in [0.29, 0.717) is 18.0 Å². The van der Waals surface area contributed by atoms with E-state index in [-0.39, 0.29) is 5.91 Å². The molecule has 1 aliphatic heterocycles. The van der Waals surface area contributed by atoms with Crippen LogP contribution in [0, 0.1) is 13.8 Å². The molecule has 4 rings (SSSR count). The van der Waals surface area contributed by atoms with Gasteiger partial charge in [0.2, 0.25) is 5.91 Å². The number of halogens is 1. The number of aryl methyl sites for hydroxylation is 2. The molecule has 0 unspecified atom stereocenters. The lowest BCUT2D eigenvalue weighted by Gasteiger charge is -2.27. The van der Waals surface area contributed by atoms with E-state index in [0.717, 1.165) is 65.7 Å². The van der Waals surface area contributed by atoms with Gasteiger partial charge < -0.3 is 4.74 Å². The number of fused-ring (bicyclic) bond motifs is 1. The predicted molar refractivity (Wildman–Crippen MR) is 128 cm³/mol. The van der Waals surface area contributed by atoms with Crippen LogP contribution in [-0.2, 0) is 16.0 Å². The van der Waals surface area contributed by atoms with Crippen LogP contribution in [0.3, 0.4) is 0 Å². The van der Waals surface area contributed by atoms with Crippen molar-refractivity contribution in [3.05, 3.63) is 58.1 Å². The third kappa shape index (κ3) is 5.44. The van der Waals surface area contributed by atoms with Crippen LogP contribution < -0.4 is 4.90 Å². The molecule has 2 aromatic carbocycles. The molecule has 0 aliphatic carbocycles. The Balaban J connectivity index is 1.54. The van der Waals surface area contributed by atoms with Crippen LogP contribution in [0.5, 0.6) is 0 Å². The second kappa shape index (κ2) is 10.1. The number of aromatic nitrogens is 1. The van der Waals surface area contributed by atoms with Crippen LogP contribution in [0.1, 0.15) is 23.1 Å². The highest BCUT2D eigenvalue weighted by molar-refractivity contribution is 7.22. The molecule has 3 aromatic rings. The van der Waals surface area contributed by atoms with Gasteiger partial charge in [0.05, 0.1) is 29.4 Å². The van der Waals surface area contributed by atoms with Gasteiger partial charge in [-0.3, -0.25) is 14.6 Å². The summed E-state index contributed by atoms with van der Waals surface area (Å²) in [4.78, 5) is 22.4. The molecule has 1 amide bonds. The van der Waals surface area contributed by atoms with Gasteiger partial charge >= 0.3 is 0 Å². The van der Waals surface area contributed by atoms with Gasteiger partial charge in [0, 0.05) is 26.2 Å². The number of benzene rings is 2. The SMILES string of the molecule is Cc1ccc(CC(=O)N(CCCN2CCOCC2)c2nc3c(Cl)cccc3s2)c(C)c1. The van der Waals surface area contributed by atoms with Crippen LogP contribution in [0.15, 0.2) is 36.4 Å². The van der Waals surface area contributed by atoms with Crippen molar-refractivity contribution in [2.45, 2.75) is 26.7 Å². The molecular formula is C24H28ClN3O2S. The Morgan fingerprint density at radius 1 is 1.23 bits per heavy atom. The van der Waals surface area contributed by atoms with Crippen LogP contribution in [0.4, 0.5) is 5.13 Å². The minimum absolute atomic E-state index is 0.0732. The van der Waals surface area contributed by atoms with Gasteiger partial charge in [0.25, 0.3) is 0 Å². The van der Waals surface area contributed by atoms with Gasteiger partial charge in [0.1, 0.15) is 5.52 Å². The van der Waals surface area contributed by atoms with E-state index >= 15 is 0 Å². The third-order valence-corrected chi connectivity index (χ3v) is 7.04. The molecule has 31 heavy (non-hydrogen) atoms. The second-order valence-electron chi connectivity index (χ2n) is 8.04. The van der Waals surface area contributed by atoms with E-state index in [2.05, 4.69) is 36.9 Å². The number of thiazole rings is 1. The fraction of sp³-hybridized carbons (Fsp3) is 0.417. The summed E-state index contributed by atoms with van der Waals surface area (Å²) >= 11 is 7.88. The molecule has 0 saturated carbocycles.